The Bertz CT molecular complexity index is 780. The summed E-state index contributed by atoms with van der Waals surface area (Å²) >= 11 is 5.80. The van der Waals surface area contributed by atoms with Crippen LogP contribution in [0.1, 0.15) is 18.1 Å². The van der Waals surface area contributed by atoms with Gasteiger partial charge in [-0.2, -0.15) is 0 Å². The number of amides is 1. The zero-order valence-electron chi connectivity index (χ0n) is 14.4. The average Bonchev–Trinajstić information content (AvgIpc) is 2.60. The van der Waals surface area contributed by atoms with Crippen molar-refractivity contribution in [3.63, 3.8) is 0 Å². The van der Waals surface area contributed by atoms with Gasteiger partial charge in [0.25, 0.3) is 5.91 Å². The number of hydrogen-bond donors (Lipinski definition) is 1. The van der Waals surface area contributed by atoms with Crippen molar-refractivity contribution in [3.05, 3.63) is 64.4 Å². The van der Waals surface area contributed by atoms with Crippen molar-refractivity contribution in [2.24, 2.45) is 0 Å². The summed E-state index contributed by atoms with van der Waals surface area (Å²) in [6, 6.07) is 11.3. The molecular weight excluding hydrogens is 361 g/mol. The van der Waals surface area contributed by atoms with Gasteiger partial charge in [0.05, 0.1) is 5.02 Å². The van der Waals surface area contributed by atoms with Crippen molar-refractivity contribution in [2.45, 2.75) is 26.5 Å². The number of halogens is 2. The smallest absolute Gasteiger partial charge is 0.344 e. The molecular formula is C19H19ClFNO4. The largest absolute Gasteiger partial charge is 0.480 e. The number of nitrogens with one attached hydrogen (secondary N) is 1. The van der Waals surface area contributed by atoms with Gasteiger partial charge in [0.15, 0.2) is 12.7 Å². The van der Waals surface area contributed by atoms with Crippen LogP contribution in [-0.4, -0.2) is 24.6 Å². The lowest BCUT2D eigenvalue weighted by atomic mass is 10.1. The van der Waals surface area contributed by atoms with E-state index in [2.05, 4.69) is 5.32 Å². The van der Waals surface area contributed by atoms with Crippen molar-refractivity contribution in [3.8, 4) is 5.75 Å². The Hall–Kier alpha value is -2.60. The second-order valence-corrected chi connectivity index (χ2v) is 6.11. The maximum absolute atomic E-state index is 12.9. The molecule has 0 spiro atoms. The van der Waals surface area contributed by atoms with E-state index in [0.29, 0.717) is 6.54 Å². The van der Waals surface area contributed by atoms with E-state index in [0.717, 1.165) is 23.3 Å². The summed E-state index contributed by atoms with van der Waals surface area (Å²) in [5.41, 5.74) is 2.07. The van der Waals surface area contributed by atoms with E-state index in [9.17, 15) is 14.0 Å². The van der Waals surface area contributed by atoms with Crippen molar-refractivity contribution in [1.29, 1.82) is 0 Å². The second-order valence-electron chi connectivity index (χ2n) is 5.70. The molecule has 7 heteroatoms. The van der Waals surface area contributed by atoms with Gasteiger partial charge in [0, 0.05) is 6.54 Å². The van der Waals surface area contributed by atoms with Crippen LogP contribution >= 0.6 is 11.6 Å². The predicted molar refractivity (Wildman–Crippen MR) is 95.5 cm³/mol. The van der Waals surface area contributed by atoms with Crippen LogP contribution in [-0.2, 0) is 20.9 Å². The summed E-state index contributed by atoms with van der Waals surface area (Å²) < 4.78 is 23.1. The number of esters is 1. The minimum Gasteiger partial charge on any atom is -0.480 e. The second kappa shape index (κ2) is 9.20. The van der Waals surface area contributed by atoms with Gasteiger partial charge in [-0.05, 0) is 37.6 Å². The Morgan fingerprint density at radius 1 is 1.19 bits per heavy atom. The summed E-state index contributed by atoms with van der Waals surface area (Å²) in [6.07, 6.45) is -0.972. The summed E-state index contributed by atoms with van der Waals surface area (Å²) in [6.45, 7) is 3.34. The Balaban J connectivity index is 1.76. The minimum absolute atomic E-state index is 0.0432. The van der Waals surface area contributed by atoms with Gasteiger partial charge in [0.2, 0.25) is 0 Å². The highest BCUT2D eigenvalue weighted by Gasteiger charge is 2.18. The molecule has 5 nitrogen and oxygen atoms in total. The van der Waals surface area contributed by atoms with E-state index in [1.807, 2.05) is 31.2 Å². The van der Waals surface area contributed by atoms with Crippen LogP contribution in [0.15, 0.2) is 42.5 Å². The first-order valence-corrected chi connectivity index (χ1v) is 8.33. The number of benzene rings is 2. The molecule has 2 aromatic rings. The highest BCUT2D eigenvalue weighted by atomic mass is 35.5. The summed E-state index contributed by atoms with van der Waals surface area (Å²) in [7, 11) is 0. The standard InChI is InChI=1S/C19H19ClFNO4/c1-12-3-5-14(6-4-12)10-22-19(24)13(2)26-18(23)11-25-17-8-7-15(21)9-16(17)20/h3-9,13H,10-11H2,1-2H3,(H,22,24)/t13-/m0/s1. The molecule has 0 bridgehead atoms. The molecule has 0 aliphatic carbocycles. The molecule has 0 aromatic heterocycles. The fraction of sp³-hybridized carbons (Fsp3) is 0.263. The number of carbonyl (C=O) groups is 2. The lowest BCUT2D eigenvalue weighted by molar-refractivity contribution is -0.156. The van der Waals surface area contributed by atoms with E-state index in [4.69, 9.17) is 21.1 Å². The quantitative estimate of drug-likeness (QED) is 0.749. The van der Waals surface area contributed by atoms with E-state index in [1.165, 1.54) is 13.0 Å². The molecule has 0 aliphatic heterocycles. The summed E-state index contributed by atoms with van der Waals surface area (Å²) in [4.78, 5) is 23.8. The van der Waals surface area contributed by atoms with Crippen LogP contribution in [0.25, 0.3) is 0 Å². The van der Waals surface area contributed by atoms with E-state index in [-0.39, 0.29) is 10.8 Å². The van der Waals surface area contributed by atoms with E-state index in [1.54, 1.807) is 0 Å². The van der Waals surface area contributed by atoms with Crippen LogP contribution in [0.5, 0.6) is 5.75 Å². The van der Waals surface area contributed by atoms with E-state index >= 15 is 0 Å². The summed E-state index contributed by atoms with van der Waals surface area (Å²) in [5, 5.41) is 2.74. The number of rotatable bonds is 7. The van der Waals surface area contributed by atoms with Crippen LogP contribution in [0.2, 0.25) is 5.02 Å². The number of carbonyl (C=O) groups excluding carboxylic acids is 2. The van der Waals surface area contributed by atoms with Gasteiger partial charge in [-0.3, -0.25) is 4.79 Å². The van der Waals surface area contributed by atoms with Crippen LogP contribution in [0.4, 0.5) is 4.39 Å². The molecule has 26 heavy (non-hydrogen) atoms. The highest BCUT2D eigenvalue weighted by molar-refractivity contribution is 6.32. The molecule has 0 aliphatic rings. The molecule has 1 atom stereocenters. The lowest BCUT2D eigenvalue weighted by Gasteiger charge is -2.14. The Kier molecular flexibility index (Phi) is 6.97. The van der Waals surface area contributed by atoms with Crippen LogP contribution in [0.3, 0.4) is 0 Å². The minimum atomic E-state index is -0.972. The van der Waals surface area contributed by atoms with Crippen molar-refractivity contribution in [2.75, 3.05) is 6.61 Å². The number of ether oxygens (including phenoxy) is 2. The maximum atomic E-state index is 12.9. The number of hydrogen-bond acceptors (Lipinski definition) is 4. The highest BCUT2D eigenvalue weighted by Crippen LogP contribution is 2.24. The predicted octanol–water partition coefficient (Wildman–Crippen LogP) is 3.41. The first-order chi connectivity index (χ1) is 12.3. The molecule has 0 heterocycles. The van der Waals surface area contributed by atoms with Crippen molar-refractivity contribution in [1.82, 2.24) is 5.32 Å². The molecule has 2 rings (SSSR count). The molecule has 0 unspecified atom stereocenters. The van der Waals surface area contributed by atoms with Gasteiger partial charge in [-0.15, -0.1) is 0 Å². The molecule has 2 aromatic carbocycles. The zero-order chi connectivity index (χ0) is 19.1. The Morgan fingerprint density at radius 3 is 2.54 bits per heavy atom. The zero-order valence-corrected chi connectivity index (χ0v) is 15.2. The van der Waals surface area contributed by atoms with Gasteiger partial charge in [0.1, 0.15) is 11.6 Å². The van der Waals surface area contributed by atoms with Crippen LogP contribution in [0, 0.1) is 12.7 Å². The first-order valence-electron chi connectivity index (χ1n) is 7.95. The Labute approximate surface area is 156 Å². The molecule has 1 amide bonds. The molecule has 1 N–H and O–H groups in total. The maximum Gasteiger partial charge on any atom is 0.344 e. The third-order valence-corrected chi connectivity index (χ3v) is 3.80. The molecule has 0 saturated carbocycles. The fourth-order valence-corrected chi connectivity index (χ4v) is 2.27. The molecule has 0 fully saturated rings. The average molecular weight is 380 g/mol. The third kappa shape index (κ3) is 6.04. The van der Waals surface area contributed by atoms with Crippen LogP contribution < -0.4 is 10.1 Å². The Morgan fingerprint density at radius 2 is 1.88 bits per heavy atom. The van der Waals surface area contributed by atoms with Gasteiger partial charge in [-0.1, -0.05) is 41.4 Å². The summed E-state index contributed by atoms with van der Waals surface area (Å²) in [5.74, 6) is -1.51. The SMILES string of the molecule is Cc1ccc(CNC(=O)[C@H](C)OC(=O)COc2ccc(F)cc2Cl)cc1. The van der Waals surface area contributed by atoms with Gasteiger partial charge in [-0.25, -0.2) is 9.18 Å². The third-order valence-electron chi connectivity index (χ3n) is 3.50. The number of aryl methyl sites for hydroxylation is 1. The molecule has 0 saturated heterocycles. The van der Waals surface area contributed by atoms with E-state index < -0.39 is 30.4 Å². The lowest BCUT2D eigenvalue weighted by Crippen LogP contribution is -2.36. The fourth-order valence-electron chi connectivity index (χ4n) is 2.05. The van der Waals surface area contributed by atoms with Crippen molar-refractivity contribution >= 4 is 23.5 Å². The van der Waals surface area contributed by atoms with Gasteiger partial charge >= 0.3 is 5.97 Å². The first kappa shape index (κ1) is 19.7. The monoisotopic (exact) mass is 379 g/mol. The topological polar surface area (TPSA) is 64.6 Å². The van der Waals surface area contributed by atoms with Crippen molar-refractivity contribution < 1.29 is 23.5 Å². The molecule has 138 valence electrons. The molecule has 0 radical (unpaired) electrons. The normalized spacial score (nSPS) is 11.5. The van der Waals surface area contributed by atoms with Gasteiger partial charge < -0.3 is 14.8 Å².